The van der Waals surface area contributed by atoms with Crippen molar-refractivity contribution >= 4 is 12.1 Å². The van der Waals surface area contributed by atoms with Crippen LogP contribution in [0.2, 0.25) is 0 Å². The summed E-state index contributed by atoms with van der Waals surface area (Å²) in [6, 6.07) is 13.2. The molecule has 0 aliphatic heterocycles. The van der Waals surface area contributed by atoms with Crippen LogP contribution in [-0.4, -0.2) is 36.9 Å². The first kappa shape index (κ1) is 25.0. The molecule has 0 aliphatic carbocycles. The minimum absolute atomic E-state index is 0.194. The van der Waals surface area contributed by atoms with Gasteiger partial charge in [-0.05, 0) is 54.9 Å². The molecule has 2 aromatic rings. The van der Waals surface area contributed by atoms with Crippen molar-refractivity contribution in [2.75, 3.05) is 19.7 Å². The highest BCUT2D eigenvalue weighted by Gasteiger charge is 2.22. The van der Waals surface area contributed by atoms with Gasteiger partial charge in [-0.1, -0.05) is 50.2 Å². The van der Waals surface area contributed by atoms with Gasteiger partial charge in [0, 0.05) is 25.2 Å². The Balaban J connectivity index is 2.10. The van der Waals surface area contributed by atoms with E-state index in [4.69, 9.17) is 4.74 Å². The van der Waals surface area contributed by atoms with Gasteiger partial charge in [-0.25, -0.2) is 9.59 Å². The number of carbonyl (C=O) groups is 2. The Morgan fingerprint density at radius 2 is 1.69 bits per heavy atom. The lowest BCUT2D eigenvalue weighted by Gasteiger charge is -2.26. The highest BCUT2D eigenvalue weighted by atomic mass is 16.5. The van der Waals surface area contributed by atoms with Crippen molar-refractivity contribution in [2.24, 2.45) is 0 Å². The number of ether oxygens (including phenoxy) is 1. The lowest BCUT2D eigenvalue weighted by atomic mass is 9.80. The molecule has 4 N–H and O–H groups in total. The quantitative estimate of drug-likeness (QED) is 0.402. The number of urea groups is 1. The molecule has 2 aromatic carbocycles. The molecule has 7 nitrogen and oxygen atoms in total. The van der Waals surface area contributed by atoms with Crippen LogP contribution in [0.3, 0.4) is 0 Å². The number of amides is 3. The molecule has 0 radical (unpaired) electrons. The topological polar surface area (TPSA) is 99.7 Å². The van der Waals surface area contributed by atoms with E-state index in [9.17, 15) is 14.7 Å². The summed E-state index contributed by atoms with van der Waals surface area (Å²) >= 11 is 0. The number of nitrogens with one attached hydrogen (secondary N) is 3. The third-order valence-electron chi connectivity index (χ3n) is 5.36. The van der Waals surface area contributed by atoms with E-state index in [0.717, 1.165) is 35.1 Å². The number of benzene rings is 2. The Hall–Kier alpha value is -3.22. The zero-order valence-electron chi connectivity index (χ0n) is 19.5. The van der Waals surface area contributed by atoms with Gasteiger partial charge in [-0.3, -0.25) is 0 Å². The van der Waals surface area contributed by atoms with Gasteiger partial charge in [0.05, 0.1) is 6.61 Å². The van der Waals surface area contributed by atoms with Gasteiger partial charge in [0.2, 0.25) is 0 Å². The second-order valence-electron chi connectivity index (χ2n) is 8.26. The lowest BCUT2D eigenvalue weighted by Crippen LogP contribution is -2.34. The third-order valence-corrected chi connectivity index (χ3v) is 5.36. The van der Waals surface area contributed by atoms with Crippen LogP contribution in [0.25, 0.3) is 11.1 Å². The average Bonchev–Trinajstić information content (AvgIpc) is 2.76. The number of hydrogen-bond acceptors (Lipinski definition) is 4. The van der Waals surface area contributed by atoms with Crippen molar-refractivity contribution in [3.63, 3.8) is 0 Å². The molecule has 0 atom stereocenters. The highest BCUT2D eigenvalue weighted by molar-refractivity contribution is 5.76. The standard InChI is InChI=1S/C25H35N3O4/c1-5-26-23(30)28-17-18-10-7-8-11-20(18)21-13-12-19(16-22(21)29)25(3,4)14-9-15-32-24(31)27-6-2/h7-8,10-13,16,29H,5-6,9,14-15,17H2,1-4H3,(H,27,31)(H2,26,28,30). The fraction of sp³-hybridized carbons (Fsp3) is 0.440. The number of rotatable bonds is 10. The van der Waals surface area contributed by atoms with Crippen LogP contribution in [0.4, 0.5) is 9.59 Å². The van der Waals surface area contributed by atoms with Crippen LogP contribution in [-0.2, 0) is 16.7 Å². The normalized spacial score (nSPS) is 11.0. The van der Waals surface area contributed by atoms with Gasteiger partial charge in [0.15, 0.2) is 0 Å². The number of carbonyl (C=O) groups excluding carboxylic acids is 2. The van der Waals surface area contributed by atoms with Crippen molar-refractivity contribution in [1.82, 2.24) is 16.0 Å². The van der Waals surface area contributed by atoms with E-state index in [1.807, 2.05) is 50.2 Å². The minimum Gasteiger partial charge on any atom is -0.507 e. The maximum absolute atomic E-state index is 11.8. The zero-order chi connectivity index (χ0) is 23.6. The van der Waals surface area contributed by atoms with Gasteiger partial charge in [-0.15, -0.1) is 0 Å². The monoisotopic (exact) mass is 441 g/mol. The Labute approximate surface area is 190 Å². The summed E-state index contributed by atoms with van der Waals surface area (Å²) in [6.45, 7) is 9.75. The number of phenolic OH excluding ortho intramolecular Hbond substituents is 1. The summed E-state index contributed by atoms with van der Waals surface area (Å²) in [7, 11) is 0. The minimum atomic E-state index is -0.396. The van der Waals surface area contributed by atoms with Gasteiger partial charge >= 0.3 is 12.1 Å². The molecule has 2 rings (SSSR count). The van der Waals surface area contributed by atoms with Crippen LogP contribution in [0.15, 0.2) is 42.5 Å². The van der Waals surface area contributed by atoms with Crippen molar-refractivity contribution < 1.29 is 19.4 Å². The molecule has 0 heterocycles. The molecular formula is C25H35N3O4. The molecular weight excluding hydrogens is 406 g/mol. The molecule has 0 aromatic heterocycles. The molecule has 0 aliphatic rings. The van der Waals surface area contributed by atoms with Crippen molar-refractivity contribution in [3.8, 4) is 16.9 Å². The van der Waals surface area contributed by atoms with E-state index >= 15 is 0 Å². The number of alkyl carbamates (subject to hydrolysis) is 1. The van der Waals surface area contributed by atoms with Crippen molar-refractivity contribution in [2.45, 2.75) is 52.5 Å². The largest absolute Gasteiger partial charge is 0.507 e. The van der Waals surface area contributed by atoms with E-state index in [0.29, 0.717) is 26.2 Å². The molecule has 3 amide bonds. The molecule has 0 unspecified atom stereocenters. The Morgan fingerprint density at radius 1 is 0.969 bits per heavy atom. The molecule has 0 saturated heterocycles. The van der Waals surface area contributed by atoms with Gasteiger partial charge in [0.1, 0.15) is 5.75 Å². The summed E-state index contributed by atoms with van der Waals surface area (Å²) in [6.07, 6.45) is 1.13. The molecule has 32 heavy (non-hydrogen) atoms. The van der Waals surface area contributed by atoms with Crippen molar-refractivity contribution in [1.29, 1.82) is 0 Å². The number of hydrogen-bond donors (Lipinski definition) is 4. The first-order valence-corrected chi connectivity index (χ1v) is 11.1. The van der Waals surface area contributed by atoms with Crippen LogP contribution in [0.1, 0.15) is 51.7 Å². The summed E-state index contributed by atoms with van der Waals surface area (Å²) in [5.74, 6) is 0.194. The summed E-state index contributed by atoms with van der Waals surface area (Å²) in [5.41, 5.74) is 3.33. The third kappa shape index (κ3) is 7.18. The second-order valence-corrected chi connectivity index (χ2v) is 8.26. The second kappa shape index (κ2) is 12.0. The van der Waals surface area contributed by atoms with Gasteiger partial charge in [0.25, 0.3) is 0 Å². The summed E-state index contributed by atoms with van der Waals surface area (Å²) in [4.78, 5) is 23.2. The van der Waals surface area contributed by atoms with Gasteiger partial charge < -0.3 is 25.8 Å². The van der Waals surface area contributed by atoms with Crippen LogP contribution >= 0.6 is 0 Å². The lowest BCUT2D eigenvalue weighted by molar-refractivity contribution is 0.142. The number of aromatic hydroxyl groups is 1. The fourth-order valence-corrected chi connectivity index (χ4v) is 3.53. The van der Waals surface area contributed by atoms with Gasteiger partial charge in [-0.2, -0.15) is 0 Å². The molecule has 0 spiro atoms. The van der Waals surface area contributed by atoms with Crippen LogP contribution in [0, 0.1) is 0 Å². The average molecular weight is 442 g/mol. The smallest absolute Gasteiger partial charge is 0.407 e. The summed E-state index contributed by atoms with van der Waals surface area (Å²) < 4.78 is 5.15. The highest BCUT2D eigenvalue weighted by Crippen LogP contribution is 2.37. The molecule has 7 heteroatoms. The molecule has 0 fully saturated rings. The van der Waals surface area contributed by atoms with E-state index in [1.165, 1.54) is 0 Å². The summed E-state index contributed by atoms with van der Waals surface area (Å²) in [5, 5.41) is 19.0. The van der Waals surface area contributed by atoms with Crippen LogP contribution < -0.4 is 16.0 Å². The fourth-order valence-electron chi connectivity index (χ4n) is 3.53. The first-order valence-electron chi connectivity index (χ1n) is 11.1. The van der Waals surface area contributed by atoms with E-state index < -0.39 is 6.09 Å². The van der Waals surface area contributed by atoms with E-state index in [-0.39, 0.29) is 17.2 Å². The Bertz CT molecular complexity index is 912. The molecule has 0 saturated carbocycles. The predicted molar refractivity (Wildman–Crippen MR) is 127 cm³/mol. The predicted octanol–water partition coefficient (Wildman–Crippen LogP) is 4.68. The van der Waals surface area contributed by atoms with Crippen molar-refractivity contribution in [3.05, 3.63) is 53.6 Å². The Morgan fingerprint density at radius 3 is 2.38 bits per heavy atom. The number of phenols is 1. The van der Waals surface area contributed by atoms with Crippen LogP contribution in [0.5, 0.6) is 5.75 Å². The SMILES string of the molecule is CCNC(=O)NCc1ccccc1-c1ccc(C(C)(C)CCCOC(=O)NCC)cc1O. The van der Waals surface area contributed by atoms with E-state index in [2.05, 4.69) is 29.8 Å². The zero-order valence-corrected chi connectivity index (χ0v) is 19.5. The van der Waals surface area contributed by atoms with E-state index in [1.54, 1.807) is 6.07 Å². The maximum Gasteiger partial charge on any atom is 0.407 e. The first-order chi connectivity index (χ1) is 15.3. The molecule has 174 valence electrons. The molecule has 0 bridgehead atoms. The maximum atomic E-state index is 11.8. The Kier molecular flexibility index (Phi) is 9.38.